The molecule has 1 aliphatic rings. The quantitative estimate of drug-likeness (QED) is 0.479. The van der Waals surface area contributed by atoms with Gasteiger partial charge < -0.3 is 4.57 Å². The van der Waals surface area contributed by atoms with E-state index in [9.17, 15) is 4.39 Å². The van der Waals surface area contributed by atoms with Crippen molar-refractivity contribution >= 4 is 11.6 Å². The lowest BCUT2D eigenvalue weighted by Crippen LogP contribution is -2.37. The van der Waals surface area contributed by atoms with Gasteiger partial charge in [-0.15, -0.1) is 10.2 Å². The Morgan fingerprint density at radius 1 is 0.900 bits per heavy atom. The fourth-order valence-electron chi connectivity index (χ4n) is 4.07. The van der Waals surface area contributed by atoms with Crippen LogP contribution in [-0.4, -0.2) is 31.2 Å². The summed E-state index contributed by atoms with van der Waals surface area (Å²) in [4.78, 5) is 6.47. The van der Waals surface area contributed by atoms with Gasteiger partial charge in [-0.3, -0.25) is 9.88 Å². The normalized spacial score (nSPS) is 15.0. The predicted octanol–water partition coefficient (Wildman–Crippen LogP) is 4.74. The molecule has 1 unspecified atom stereocenters. The highest BCUT2D eigenvalue weighted by Gasteiger charge is 2.29. The highest BCUT2D eigenvalue weighted by Crippen LogP contribution is 2.33. The van der Waals surface area contributed by atoms with E-state index < -0.39 is 0 Å². The average Bonchev–Trinajstić information content (AvgIpc) is 3.18. The third-order valence-corrected chi connectivity index (χ3v) is 5.60. The van der Waals surface area contributed by atoms with Gasteiger partial charge in [-0.1, -0.05) is 54.1 Å². The molecular formula is C23H19ClFN5. The van der Waals surface area contributed by atoms with Crippen LogP contribution >= 0.6 is 11.6 Å². The molecule has 0 aliphatic carbocycles. The summed E-state index contributed by atoms with van der Waals surface area (Å²) in [5.41, 5.74) is 2.89. The molecule has 1 aliphatic heterocycles. The van der Waals surface area contributed by atoms with Crippen molar-refractivity contribution in [2.75, 3.05) is 6.54 Å². The van der Waals surface area contributed by atoms with Crippen molar-refractivity contribution in [3.8, 4) is 11.4 Å². The van der Waals surface area contributed by atoms with Crippen LogP contribution in [0.4, 0.5) is 4.39 Å². The zero-order chi connectivity index (χ0) is 20.5. The molecule has 5 rings (SSSR count). The van der Waals surface area contributed by atoms with Gasteiger partial charge in [-0.05, 0) is 29.3 Å². The minimum atomic E-state index is -0.232. The summed E-state index contributed by atoms with van der Waals surface area (Å²) >= 11 is 6.10. The lowest BCUT2D eigenvalue weighted by molar-refractivity contribution is 0.176. The molecule has 4 aromatic rings. The number of rotatable bonds is 4. The maximum atomic E-state index is 14.0. The lowest BCUT2D eigenvalue weighted by atomic mass is 9.96. The van der Waals surface area contributed by atoms with Gasteiger partial charge in [0.1, 0.15) is 11.6 Å². The summed E-state index contributed by atoms with van der Waals surface area (Å²) in [7, 11) is 0. The molecular weight excluding hydrogens is 401 g/mol. The Hall–Kier alpha value is -3.09. The van der Waals surface area contributed by atoms with Gasteiger partial charge in [0.2, 0.25) is 0 Å². The van der Waals surface area contributed by atoms with E-state index in [-0.39, 0.29) is 11.9 Å². The molecule has 2 aromatic carbocycles. The van der Waals surface area contributed by atoms with Crippen LogP contribution in [0.5, 0.6) is 0 Å². The second-order valence-corrected chi connectivity index (χ2v) is 7.76. The number of benzene rings is 2. The van der Waals surface area contributed by atoms with Crippen LogP contribution < -0.4 is 0 Å². The van der Waals surface area contributed by atoms with Crippen LogP contribution in [0.2, 0.25) is 5.02 Å². The van der Waals surface area contributed by atoms with E-state index in [0.29, 0.717) is 11.6 Å². The standard InChI is InChI=1S/C23H19ClFN5/c24-19-11-18(13-26-14-19)23-28-27-21-15-29(9-10-30(21)23)22(16-5-2-1-3-6-16)17-7-4-8-20(25)12-17/h1-8,11-14,22H,9-10,15H2. The third kappa shape index (κ3) is 3.60. The van der Waals surface area contributed by atoms with E-state index in [1.165, 1.54) is 6.07 Å². The highest BCUT2D eigenvalue weighted by molar-refractivity contribution is 6.30. The van der Waals surface area contributed by atoms with Gasteiger partial charge >= 0.3 is 0 Å². The Bertz CT molecular complexity index is 1180. The van der Waals surface area contributed by atoms with E-state index in [1.54, 1.807) is 24.5 Å². The van der Waals surface area contributed by atoms with Crippen molar-refractivity contribution in [1.82, 2.24) is 24.6 Å². The number of hydrogen-bond donors (Lipinski definition) is 0. The fourth-order valence-corrected chi connectivity index (χ4v) is 4.24. The first-order chi connectivity index (χ1) is 14.7. The zero-order valence-electron chi connectivity index (χ0n) is 16.1. The summed E-state index contributed by atoms with van der Waals surface area (Å²) in [5, 5.41) is 9.38. The van der Waals surface area contributed by atoms with Gasteiger partial charge in [0.15, 0.2) is 5.82 Å². The van der Waals surface area contributed by atoms with Gasteiger partial charge in [0.05, 0.1) is 17.6 Å². The van der Waals surface area contributed by atoms with Crippen molar-refractivity contribution < 1.29 is 4.39 Å². The number of halogens is 2. The molecule has 0 saturated heterocycles. The Morgan fingerprint density at radius 2 is 1.73 bits per heavy atom. The molecule has 0 fully saturated rings. The Labute approximate surface area is 178 Å². The molecule has 7 heteroatoms. The maximum Gasteiger partial charge on any atom is 0.165 e. The summed E-state index contributed by atoms with van der Waals surface area (Å²) in [5.74, 6) is 1.40. The molecule has 0 N–H and O–H groups in total. The van der Waals surface area contributed by atoms with E-state index in [0.717, 1.165) is 41.4 Å². The molecule has 150 valence electrons. The average molecular weight is 420 g/mol. The van der Waals surface area contributed by atoms with Crippen LogP contribution in [0.3, 0.4) is 0 Å². The predicted molar refractivity (Wildman–Crippen MR) is 113 cm³/mol. The van der Waals surface area contributed by atoms with Gasteiger partial charge in [0, 0.05) is 31.0 Å². The Balaban J connectivity index is 1.50. The molecule has 0 bridgehead atoms. The minimum Gasteiger partial charge on any atom is -0.309 e. The maximum absolute atomic E-state index is 14.0. The number of pyridine rings is 1. The summed E-state index contributed by atoms with van der Waals surface area (Å²) in [6.07, 6.45) is 3.35. The van der Waals surface area contributed by atoms with Gasteiger partial charge in [0.25, 0.3) is 0 Å². The largest absolute Gasteiger partial charge is 0.309 e. The minimum absolute atomic E-state index is 0.0661. The number of fused-ring (bicyclic) bond motifs is 1. The van der Waals surface area contributed by atoms with Crippen molar-refractivity contribution in [3.05, 3.63) is 101 Å². The Morgan fingerprint density at radius 3 is 2.53 bits per heavy atom. The molecule has 0 amide bonds. The molecule has 5 nitrogen and oxygen atoms in total. The van der Waals surface area contributed by atoms with Crippen molar-refractivity contribution in [1.29, 1.82) is 0 Å². The molecule has 0 saturated carbocycles. The van der Waals surface area contributed by atoms with Gasteiger partial charge in [-0.2, -0.15) is 0 Å². The SMILES string of the molecule is Fc1cccc(C(c2ccccc2)N2CCn3c(nnc3-c3cncc(Cl)c3)C2)c1. The van der Waals surface area contributed by atoms with Crippen LogP contribution in [0.25, 0.3) is 11.4 Å². The van der Waals surface area contributed by atoms with Crippen molar-refractivity contribution in [2.45, 2.75) is 19.1 Å². The molecule has 1 atom stereocenters. The molecule has 30 heavy (non-hydrogen) atoms. The third-order valence-electron chi connectivity index (χ3n) is 5.39. The van der Waals surface area contributed by atoms with E-state index in [2.05, 4.69) is 36.8 Å². The smallest absolute Gasteiger partial charge is 0.165 e. The number of hydrogen-bond acceptors (Lipinski definition) is 4. The number of aromatic nitrogens is 4. The second kappa shape index (κ2) is 7.97. The molecule has 0 radical (unpaired) electrons. The zero-order valence-corrected chi connectivity index (χ0v) is 16.9. The molecule has 2 aromatic heterocycles. The first-order valence-electron chi connectivity index (χ1n) is 9.76. The van der Waals surface area contributed by atoms with E-state index >= 15 is 0 Å². The molecule has 0 spiro atoms. The first-order valence-corrected chi connectivity index (χ1v) is 10.1. The highest BCUT2D eigenvalue weighted by atomic mass is 35.5. The van der Waals surface area contributed by atoms with Gasteiger partial charge in [-0.25, -0.2) is 4.39 Å². The first kappa shape index (κ1) is 18.9. The van der Waals surface area contributed by atoms with Crippen molar-refractivity contribution in [3.63, 3.8) is 0 Å². The van der Waals surface area contributed by atoms with E-state index in [1.807, 2.05) is 30.3 Å². The van der Waals surface area contributed by atoms with Crippen LogP contribution in [0.15, 0.2) is 73.1 Å². The van der Waals surface area contributed by atoms with Crippen molar-refractivity contribution in [2.24, 2.45) is 0 Å². The topological polar surface area (TPSA) is 46.8 Å². The summed E-state index contributed by atoms with van der Waals surface area (Å²) in [6, 6.07) is 18.8. The van der Waals surface area contributed by atoms with Crippen LogP contribution in [0, 0.1) is 5.82 Å². The summed E-state index contributed by atoms with van der Waals surface area (Å²) < 4.78 is 16.1. The van der Waals surface area contributed by atoms with Crippen LogP contribution in [-0.2, 0) is 13.1 Å². The Kier molecular flexibility index (Phi) is 5.02. The summed E-state index contributed by atoms with van der Waals surface area (Å²) in [6.45, 7) is 2.11. The lowest BCUT2D eigenvalue weighted by Gasteiger charge is -2.35. The monoisotopic (exact) mass is 419 g/mol. The number of nitrogens with zero attached hydrogens (tertiary/aromatic N) is 5. The van der Waals surface area contributed by atoms with E-state index in [4.69, 9.17) is 11.6 Å². The van der Waals surface area contributed by atoms with Crippen LogP contribution in [0.1, 0.15) is 23.0 Å². The second-order valence-electron chi connectivity index (χ2n) is 7.32. The molecule has 3 heterocycles. The fraction of sp³-hybridized carbons (Fsp3) is 0.174.